The number of ketones is 1. The summed E-state index contributed by atoms with van der Waals surface area (Å²) in [5.41, 5.74) is 0.0227. The van der Waals surface area contributed by atoms with Crippen molar-refractivity contribution in [3.63, 3.8) is 0 Å². The minimum atomic E-state index is -1.01. The first-order chi connectivity index (χ1) is 15.0. The summed E-state index contributed by atoms with van der Waals surface area (Å²) >= 11 is 5.83. The maximum Gasteiger partial charge on any atom is 0.320 e. The molecule has 2 aromatic carbocycles. The van der Waals surface area contributed by atoms with Gasteiger partial charge in [-0.15, -0.1) is 12.4 Å². The van der Waals surface area contributed by atoms with Crippen LogP contribution in [0.15, 0.2) is 36.4 Å². The van der Waals surface area contributed by atoms with E-state index in [0.29, 0.717) is 16.9 Å². The lowest BCUT2D eigenvalue weighted by molar-refractivity contribution is -0.164. The number of fused-ring (bicyclic) bond motifs is 1. The van der Waals surface area contributed by atoms with Crippen LogP contribution in [0.2, 0.25) is 5.02 Å². The molecule has 2 aromatic rings. The maximum atomic E-state index is 13.5. The zero-order valence-corrected chi connectivity index (χ0v) is 20.1. The SMILES string of the molecule is CNCC(=O)O[C@H]1[C@H](NC(=O)c2ccc(F)c(Cl)c2)c2cc(C(C)=O)ccc2OC1(C)C.Cl. The number of carbonyl (C=O) groups excluding carboxylic acids is 3. The molecular weight excluding hydrogens is 474 g/mol. The minimum absolute atomic E-state index is 0. The van der Waals surface area contributed by atoms with Gasteiger partial charge in [0.1, 0.15) is 17.2 Å². The van der Waals surface area contributed by atoms with Gasteiger partial charge in [-0.3, -0.25) is 14.4 Å². The van der Waals surface area contributed by atoms with Gasteiger partial charge in [0.25, 0.3) is 5.91 Å². The molecule has 0 aromatic heterocycles. The Labute approximate surface area is 202 Å². The summed E-state index contributed by atoms with van der Waals surface area (Å²) in [7, 11) is 1.61. The van der Waals surface area contributed by atoms with Crippen molar-refractivity contribution < 1.29 is 28.2 Å². The number of esters is 1. The number of halogens is 3. The molecular formula is C23H25Cl2FN2O5. The van der Waals surface area contributed by atoms with E-state index in [1.807, 2.05) is 0 Å². The average molecular weight is 499 g/mol. The third kappa shape index (κ3) is 5.82. The number of benzene rings is 2. The lowest BCUT2D eigenvalue weighted by Crippen LogP contribution is -2.56. The van der Waals surface area contributed by atoms with E-state index in [9.17, 15) is 18.8 Å². The number of hydrogen-bond acceptors (Lipinski definition) is 6. The molecule has 7 nitrogen and oxygen atoms in total. The van der Waals surface area contributed by atoms with Crippen LogP contribution in [0.3, 0.4) is 0 Å². The monoisotopic (exact) mass is 498 g/mol. The van der Waals surface area contributed by atoms with Gasteiger partial charge >= 0.3 is 5.97 Å². The third-order valence-electron chi connectivity index (χ3n) is 5.16. The quantitative estimate of drug-likeness (QED) is 0.463. The molecule has 0 radical (unpaired) electrons. The molecule has 0 fully saturated rings. The first-order valence-corrected chi connectivity index (χ1v) is 10.3. The lowest BCUT2D eigenvalue weighted by Gasteiger charge is -2.44. The number of likely N-dealkylation sites (N-methyl/N-ethyl adjacent to an activating group) is 1. The molecule has 3 rings (SSSR count). The van der Waals surface area contributed by atoms with E-state index in [-0.39, 0.29) is 35.3 Å². The lowest BCUT2D eigenvalue weighted by atomic mass is 9.85. The zero-order chi connectivity index (χ0) is 23.6. The van der Waals surface area contributed by atoms with E-state index in [2.05, 4.69) is 10.6 Å². The van der Waals surface area contributed by atoms with Crippen molar-refractivity contribution in [1.29, 1.82) is 0 Å². The number of nitrogens with one attached hydrogen (secondary N) is 2. The Hall–Kier alpha value is -2.68. The third-order valence-corrected chi connectivity index (χ3v) is 5.45. The van der Waals surface area contributed by atoms with Gasteiger partial charge in [0.05, 0.1) is 17.6 Å². The van der Waals surface area contributed by atoms with E-state index in [0.717, 1.165) is 6.07 Å². The predicted molar refractivity (Wildman–Crippen MR) is 124 cm³/mol. The Kier molecular flexibility index (Phi) is 8.46. The van der Waals surface area contributed by atoms with E-state index in [1.54, 1.807) is 39.1 Å². The van der Waals surface area contributed by atoms with Crippen LogP contribution in [0.4, 0.5) is 4.39 Å². The summed E-state index contributed by atoms with van der Waals surface area (Å²) in [6.07, 6.45) is -0.919. The summed E-state index contributed by atoms with van der Waals surface area (Å²) < 4.78 is 25.3. The minimum Gasteiger partial charge on any atom is -0.484 e. The van der Waals surface area contributed by atoms with Crippen LogP contribution in [0.1, 0.15) is 53.1 Å². The summed E-state index contributed by atoms with van der Waals surface area (Å²) in [6.45, 7) is 4.86. The maximum absolute atomic E-state index is 13.5. The summed E-state index contributed by atoms with van der Waals surface area (Å²) in [5, 5.41) is 5.38. The van der Waals surface area contributed by atoms with Crippen molar-refractivity contribution in [2.24, 2.45) is 0 Å². The summed E-state index contributed by atoms with van der Waals surface area (Å²) in [4.78, 5) is 37.3. The van der Waals surface area contributed by atoms with Crippen molar-refractivity contribution in [3.05, 3.63) is 63.9 Å². The molecule has 10 heteroatoms. The molecule has 1 amide bonds. The largest absolute Gasteiger partial charge is 0.484 e. The average Bonchev–Trinajstić information content (AvgIpc) is 2.72. The second-order valence-electron chi connectivity index (χ2n) is 8.04. The van der Waals surface area contributed by atoms with Crippen LogP contribution in [0.5, 0.6) is 5.75 Å². The highest BCUT2D eigenvalue weighted by Gasteiger charge is 2.47. The van der Waals surface area contributed by atoms with Gasteiger partial charge in [-0.2, -0.15) is 0 Å². The van der Waals surface area contributed by atoms with E-state index in [4.69, 9.17) is 21.1 Å². The van der Waals surface area contributed by atoms with Crippen molar-refractivity contribution in [1.82, 2.24) is 10.6 Å². The predicted octanol–water partition coefficient (Wildman–Crippen LogP) is 3.88. The number of carbonyl (C=O) groups is 3. The topological polar surface area (TPSA) is 93.7 Å². The number of hydrogen-bond donors (Lipinski definition) is 2. The Morgan fingerprint density at radius 3 is 2.42 bits per heavy atom. The Bertz CT molecular complexity index is 1080. The van der Waals surface area contributed by atoms with Crippen LogP contribution >= 0.6 is 24.0 Å². The van der Waals surface area contributed by atoms with Crippen LogP contribution < -0.4 is 15.4 Å². The van der Waals surface area contributed by atoms with Crippen LogP contribution in [0, 0.1) is 5.82 Å². The first-order valence-electron chi connectivity index (χ1n) is 9.97. The van der Waals surface area contributed by atoms with Gasteiger partial charge in [-0.1, -0.05) is 11.6 Å². The normalized spacial score (nSPS) is 18.2. The van der Waals surface area contributed by atoms with Crippen molar-refractivity contribution in [3.8, 4) is 5.75 Å². The number of rotatable bonds is 6. The molecule has 2 atom stereocenters. The molecule has 2 N–H and O–H groups in total. The van der Waals surface area contributed by atoms with Crippen LogP contribution in [-0.2, 0) is 9.53 Å². The van der Waals surface area contributed by atoms with Gasteiger partial charge in [0.15, 0.2) is 11.9 Å². The number of ether oxygens (including phenoxy) is 2. The van der Waals surface area contributed by atoms with Crippen molar-refractivity contribution in [2.75, 3.05) is 13.6 Å². The molecule has 0 aliphatic carbocycles. The highest BCUT2D eigenvalue weighted by molar-refractivity contribution is 6.31. The number of amides is 1. The van der Waals surface area contributed by atoms with Gasteiger partial charge in [-0.05, 0) is 64.2 Å². The Morgan fingerprint density at radius 2 is 1.82 bits per heavy atom. The smallest absolute Gasteiger partial charge is 0.320 e. The Morgan fingerprint density at radius 1 is 1.15 bits per heavy atom. The molecule has 1 heterocycles. The molecule has 33 heavy (non-hydrogen) atoms. The molecule has 0 unspecified atom stereocenters. The van der Waals surface area contributed by atoms with Crippen molar-refractivity contribution in [2.45, 2.75) is 38.5 Å². The molecule has 0 saturated carbocycles. The van der Waals surface area contributed by atoms with Crippen molar-refractivity contribution >= 4 is 41.7 Å². The second kappa shape index (κ2) is 10.5. The fraction of sp³-hybridized carbons (Fsp3) is 0.348. The molecule has 0 bridgehead atoms. The van der Waals surface area contributed by atoms with Gasteiger partial charge in [0, 0.05) is 16.7 Å². The van der Waals surface area contributed by atoms with Gasteiger partial charge in [0.2, 0.25) is 0 Å². The summed E-state index contributed by atoms with van der Waals surface area (Å²) in [5.74, 6) is -1.46. The number of Topliss-reactive ketones (excluding diaryl/α,β-unsaturated/α-hetero) is 1. The van der Waals surface area contributed by atoms with E-state index < -0.39 is 35.4 Å². The molecule has 1 aliphatic rings. The van der Waals surface area contributed by atoms with Gasteiger partial charge < -0.3 is 20.1 Å². The fourth-order valence-corrected chi connectivity index (χ4v) is 3.74. The first kappa shape index (κ1) is 26.6. The molecule has 0 saturated heterocycles. The van der Waals surface area contributed by atoms with Gasteiger partial charge in [-0.25, -0.2) is 4.39 Å². The zero-order valence-electron chi connectivity index (χ0n) is 18.5. The van der Waals surface area contributed by atoms with Crippen LogP contribution in [0.25, 0.3) is 0 Å². The van der Waals surface area contributed by atoms with Crippen LogP contribution in [-0.4, -0.2) is 43.0 Å². The molecule has 178 valence electrons. The van der Waals surface area contributed by atoms with E-state index >= 15 is 0 Å². The molecule has 0 spiro atoms. The molecule has 1 aliphatic heterocycles. The second-order valence-corrected chi connectivity index (χ2v) is 8.44. The highest BCUT2D eigenvalue weighted by atomic mass is 35.5. The summed E-state index contributed by atoms with van der Waals surface area (Å²) in [6, 6.07) is 7.65. The standard InChI is InChI=1S/C23H24ClFN2O5.ClH/c1-12(28)13-6-8-18-15(9-13)20(21(23(2,3)32-18)31-19(29)11-26-4)27-22(30)14-5-7-17(25)16(24)10-14;/h5-10,20-21,26H,11H2,1-4H3,(H,27,30);1H/t20-,21+;/m1./s1. The highest BCUT2D eigenvalue weighted by Crippen LogP contribution is 2.42. The fourth-order valence-electron chi connectivity index (χ4n) is 3.56. The Balaban J connectivity index is 0.00000385. The van der Waals surface area contributed by atoms with E-state index in [1.165, 1.54) is 19.1 Å².